The number of hydrogen-bond acceptors (Lipinski definition) is 2. The van der Waals surface area contributed by atoms with Crippen LogP contribution in [-0.2, 0) is 10.8 Å². The van der Waals surface area contributed by atoms with Crippen molar-refractivity contribution in [3.05, 3.63) is 64.7 Å². The number of benzene rings is 2. The van der Waals surface area contributed by atoms with Gasteiger partial charge in [-0.2, -0.15) is 0 Å². The summed E-state index contributed by atoms with van der Waals surface area (Å²) in [6, 6.07) is 15.6. The van der Waals surface area contributed by atoms with Gasteiger partial charge < -0.3 is 5.11 Å². The first-order valence-corrected chi connectivity index (χ1v) is 10.8. The summed E-state index contributed by atoms with van der Waals surface area (Å²) in [6.07, 6.45) is 3.85. The van der Waals surface area contributed by atoms with Crippen LogP contribution < -0.4 is 0 Å². The number of rotatable bonds is 3. The van der Waals surface area contributed by atoms with Gasteiger partial charge in [0.05, 0.1) is 6.04 Å². The molecular formula is C26H37NO. The third-order valence-electron chi connectivity index (χ3n) is 5.94. The molecule has 0 saturated carbocycles. The minimum atomic E-state index is -0.108. The molecule has 0 amide bonds. The lowest BCUT2D eigenvalue weighted by molar-refractivity contribution is 0.187. The smallest absolute Gasteiger partial charge is 0.123 e. The Morgan fingerprint density at radius 2 is 1.25 bits per heavy atom. The molecule has 1 aliphatic rings. The Labute approximate surface area is 171 Å². The molecule has 2 heteroatoms. The minimum absolute atomic E-state index is 0.108. The largest absolute Gasteiger partial charge is 0.507 e. The van der Waals surface area contributed by atoms with Crippen LogP contribution in [-0.4, -0.2) is 23.1 Å². The fraction of sp³-hybridized carbons (Fsp3) is 0.538. The van der Waals surface area contributed by atoms with Crippen LogP contribution in [0.3, 0.4) is 0 Å². The fourth-order valence-corrected chi connectivity index (χ4v) is 4.38. The molecule has 1 heterocycles. The van der Waals surface area contributed by atoms with E-state index in [0.29, 0.717) is 5.75 Å². The van der Waals surface area contributed by atoms with Crippen molar-refractivity contribution in [2.75, 3.05) is 13.1 Å². The molecule has 0 radical (unpaired) electrons. The van der Waals surface area contributed by atoms with Crippen LogP contribution in [0, 0.1) is 0 Å². The first-order valence-electron chi connectivity index (χ1n) is 10.8. The van der Waals surface area contributed by atoms with Crippen LogP contribution in [0.25, 0.3) is 0 Å². The summed E-state index contributed by atoms with van der Waals surface area (Å²) in [5.74, 6) is 0.467. The Morgan fingerprint density at radius 3 is 1.71 bits per heavy atom. The van der Waals surface area contributed by atoms with Crippen LogP contribution in [0.15, 0.2) is 42.5 Å². The molecule has 0 spiro atoms. The van der Waals surface area contributed by atoms with Crippen LogP contribution >= 0.6 is 0 Å². The van der Waals surface area contributed by atoms with Crippen LogP contribution in [0.4, 0.5) is 0 Å². The van der Waals surface area contributed by atoms with Gasteiger partial charge in [-0.25, -0.2) is 0 Å². The van der Waals surface area contributed by atoms with Crippen molar-refractivity contribution in [2.24, 2.45) is 0 Å². The van der Waals surface area contributed by atoms with E-state index in [2.05, 4.69) is 88.9 Å². The van der Waals surface area contributed by atoms with Crippen molar-refractivity contribution in [1.82, 2.24) is 4.90 Å². The highest BCUT2D eigenvalue weighted by atomic mass is 16.3. The average molecular weight is 380 g/mol. The Kier molecular flexibility index (Phi) is 5.91. The van der Waals surface area contributed by atoms with Crippen molar-refractivity contribution in [3.8, 4) is 5.75 Å². The van der Waals surface area contributed by atoms with Gasteiger partial charge in [0.15, 0.2) is 0 Å². The topological polar surface area (TPSA) is 23.5 Å². The lowest BCUT2D eigenvalue weighted by Gasteiger charge is -2.37. The van der Waals surface area contributed by atoms with E-state index >= 15 is 0 Å². The van der Waals surface area contributed by atoms with Crippen molar-refractivity contribution in [1.29, 1.82) is 0 Å². The standard InChI is InChI=1S/C26H37NO/c1-25(2,3)21-17-20(18-22(24(21)28)26(4,5)6)23(19-13-9-7-10-14-19)27-15-11-8-12-16-27/h7,9-10,13-14,17-18,23,28H,8,11-12,15-16H2,1-6H3/t23-/m0/s1. The lowest BCUT2D eigenvalue weighted by Crippen LogP contribution is -2.34. The summed E-state index contributed by atoms with van der Waals surface area (Å²) in [4.78, 5) is 2.63. The van der Waals surface area contributed by atoms with Crippen LogP contribution in [0.5, 0.6) is 5.75 Å². The van der Waals surface area contributed by atoms with Crippen molar-refractivity contribution in [2.45, 2.75) is 77.7 Å². The van der Waals surface area contributed by atoms with Gasteiger partial charge >= 0.3 is 0 Å². The highest BCUT2D eigenvalue weighted by Gasteiger charge is 2.30. The minimum Gasteiger partial charge on any atom is -0.507 e. The van der Waals surface area contributed by atoms with Gasteiger partial charge in [-0.05, 0) is 71.1 Å². The second kappa shape index (κ2) is 7.91. The molecular weight excluding hydrogens is 342 g/mol. The molecule has 1 saturated heterocycles. The number of phenolic OH excluding ortho intramolecular Hbond substituents is 1. The zero-order valence-corrected chi connectivity index (χ0v) is 18.5. The van der Waals surface area contributed by atoms with E-state index in [1.54, 1.807) is 0 Å². The third-order valence-corrected chi connectivity index (χ3v) is 5.94. The monoisotopic (exact) mass is 379 g/mol. The molecule has 3 rings (SSSR count). The second-order valence-electron chi connectivity index (χ2n) is 10.4. The van der Waals surface area contributed by atoms with E-state index in [0.717, 1.165) is 24.2 Å². The van der Waals surface area contributed by atoms with E-state index in [1.807, 2.05) is 0 Å². The van der Waals surface area contributed by atoms with E-state index in [-0.39, 0.29) is 16.9 Å². The molecule has 0 bridgehead atoms. The third kappa shape index (κ3) is 4.43. The maximum absolute atomic E-state index is 11.1. The predicted octanol–water partition coefficient (Wildman–Crippen LogP) is 6.56. The van der Waals surface area contributed by atoms with Gasteiger partial charge in [0.25, 0.3) is 0 Å². The molecule has 0 unspecified atom stereocenters. The summed E-state index contributed by atoms with van der Waals surface area (Å²) in [6.45, 7) is 15.4. The number of piperidine rings is 1. The van der Waals surface area contributed by atoms with Crippen LogP contribution in [0.1, 0.15) is 89.1 Å². The maximum atomic E-state index is 11.1. The van der Waals surface area contributed by atoms with Crippen molar-refractivity contribution < 1.29 is 5.11 Å². The summed E-state index contributed by atoms with van der Waals surface area (Å²) in [5, 5.41) is 11.1. The molecule has 2 aromatic rings. The van der Waals surface area contributed by atoms with E-state index in [1.165, 1.54) is 30.4 Å². The van der Waals surface area contributed by atoms with Gasteiger partial charge in [0.1, 0.15) is 5.75 Å². The number of phenols is 1. The fourth-order valence-electron chi connectivity index (χ4n) is 4.38. The van der Waals surface area contributed by atoms with Crippen molar-refractivity contribution in [3.63, 3.8) is 0 Å². The Bertz CT molecular complexity index is 754. The quantitative estimate of drug-likeness (QED) is 0.652. The maximum Gasteiger partial charge on any atom is 0.123 e. The lowest BCUT2D eigenvalue weighted by atomic mass is 9.77. The summed E-state index contributed by atoms with van der Waals surface area (Å²) >= 11 is 0. The second-order valence-corrected chi connectivity index (χ2v) is 10.4. The zero-order chi connectivity index (χ0) is 20.5. The van der Waals surface area contributed by atoms with Crippen LogP contribution in [0.2, 0.25) is 0 Å². The van der Waals surface area contributed by atoms with Gasteiger partial charge in [-0.1, -0.05) is 78.3 Å². The molecule has 1 fully saturated rings. The van der Waals surface area contributed by atoms with E-state index in [4.69, 9.17) is 0 Å². The molecule has 0 aliphatic carbocycles. The van der Waals surface area contributed by atoms with E-state index in [9.17, 15) is 5.11 Å². The molecule has 152 valence electrons. The molecule has 2 aromatic carbocycles. The number of aromatic hydroxyl groups is 1. The number of likely N-dealkylation sites (tertiary alicyclic amines) is 1. The number of nitrogens with zero attached hydrogens (tertiary/aromatic N) is 1. The first-order chi connectivity index (χ1) is 13.1. The van der Waals surface area contributed by atoms with Gasteiger partial charge in [-0.15, -0.1) is 0 Å². The molecule has 1 N–H and O–H groups in total. The summed E-state index contributed by atoms with van der Waals surface area (Å²) < 4.78 is 0. The summed E-state index contributed by atoms with van der Waals surface area (Å²) in [5.41, 5.74) is 4.53. The van der Waals surface area contributed by atoms with Gasteiger partial charge in [-0.3, -0.25) is 4.90 Å². The zero-order valence-electron chi connectivity index (χ0n) is 18.5. The molecule has 1 aliphatic heterocycles. The van der Waals surface area contributed by atoms with Crippen molar-refractivity contribution >= 4 is 0 Å². The SMILES string of the molecule is CC(C)(C)c1cc([C@H](c2ccccc2)N2CCCCC2)cc(C(C)(C)C)c1O. The normalized spacial score (nSPS) is 17.5. The average Bonchev–Trinajstić information content (AvgIpc) is 2.63. The van der Waals surface area contributed by atoms with Gasteiger partial charge in [0, 0.05) is 0 Å². The molecule has 28 heavy (non-hydrogen) atoms. The number of hydrogen-bond donors (Lipinski definition) is 1. The Morgan fingerprint density at radius 1 is 0.750 bits per heavy atom. The summed E-state index contributed by atoms with van der Waals surface area (Å²) in [7, 11) is 0. The van der Waals surface area contributed by atoms with E-state index < -0.39 is 0 Å². The Balaban J connectivity index is 2.21. The molecule has 0 aromatic heterocycles. The van der Waals surface area contributed by atoms with Gasteiger partial charge in [0.2, 0.25) is 0 Å². The molecule has 2 nitrogen and oxygen atoms in total. The highest BCUT2D eigenvalue weighted by Crippen LogP contribution is 2.43. The highest BCUT2D eigenvalue weighted by molar-refractivity contribution is 5.52. The molecule has 1 atom stereocenters. The predicted molar refractivity (Wildman–Crippen MR) is 119 cm³/mol. The Hall–Kier alpha value is -1.80. The first kappa shape index (κ1) is 20.9.